The normalized spacial score (nSPS) is 21.1. The van der Waals surface area contributed by atoms with Crippen molar-refractivity contribution in [2.24, 2.45) is 0 Å². The third-order valence-corrected chi connectivity index (χ3v) is 6.08. The van der Waals surface area contributed by atoms with Gasteiger partial charge in [0.1, 0.15) is 4.90 Å². The number of hydrogen-bond acceptors (Lipinski definition) is 4. The first-order valence-corrected chi connectivity index (χ1v) is 8.33. The van der Waals surface area contributed by atoms with Gasteiger partial charge in [0, 0.05) is 25.9 Å². The summed E-state index contributed by atoms with van der Waals surface area (Å²) in [5, 5.41) is 0.0732. The predicted octanol–water partition coefficient (Wildman–Crippen LogP) is 2.38. The highest BCUT2D eigenvalue weighted by molar-refractivity contribution is 7.89. The Hall–Kier alpha value is -0.530. The van der Waals surface area contributed by atoms with Gasteiger partial charge >= 0.3 is 0 Å². The smallest absolute Gasteiger partial charge is 0.246 e. The predicted molar refractivity (Wildman–Crippen MR) is 79.7 cm³/mol. The molecular formula is C12H16Cl2N2O3S. The van der Waals surface area contributed by atoms with Gasteiger partial charge in [-0.3, -0.25) is 0 Å². The van der Waals surface area contributed by atoms with Crippen molar-refractivity contribution in [3.05, 3.63) is 22.2 Å². The number of rotatable bonds is 3. The van der Waals surface area contributed by atoms with Crippen LogP contribution in [-0.2, 0) is 14.8 Å². The molecule has 1 atom stereocenters. The summed E-state index contributed by atoms with van der Waals surface area (Å²) in [5.74, 6) is 0. The molecule has 0 radical (unpaired) electrons. The van der Waals surface area contributed by atoms with Gasteiger partial charge in [-0.15, -0.1) is 0 Å². The van der Waals surface area contributed by atoms with E-state index in [2.05, 4.69) is 0 Å². The maximum absolute atomic E-state index is 12.7. The van der Waals surface area contributed by atoms with E-state index in [-0.39, 0.29) is 21.0 Å². The summed E-state index contributed by atoms with van der Waals surface area (Å²) < 4.78 is 31.9. The van der Waals surface area contributed by atoms with Gasteiger partial charge in [-0.2, -0.15) is 4.31 Å². The minimum atomic E-state index is -3.75. The van der Waals surface area contributed by atoms with E-state index in [4.69, 9.17) is 33.7 Å². The van der Waals surface area contributed by atoms with Crippen molar-refractivity contribution < 1.29 is 13.2 Å². The minimum absolute atomic E-state index is 0.0366. The molecule has 1 heterocycles. The number of anilines is 1. The number of benzene rings is 1. The first-order chi connectivity index (χ1) is 9.36. The molecule has 112 valence electrons. The van der Waals surface area contributed by atoms with E-state index in [9.17, 15) is 8.42 Å². The van der Waals surface area contributed by atoms with E-state index in [1.165, 1.54) is 16.4 Å². The Morgan fingerprint density at radius 3 is 2.50 bits per heavy atom. The molecule has 0 saturated carbocycles. The van der Waals surface area contributed by atoms with Crippen LogP contribution in [0.4, 0.5) is 5.69 Å². The number of hydrogen-bond donors (Lipinski definition) is 1. The van der Waals surface area contributed by atoms with Gasteiger partial charge in [0.25, 0.3) is 0 Å². The lowest BCUT2D eigenvalue weighted by Crippen LogP contribution is -2.43. The largest absolute Gasteiger partial charge is 0.399 e. The van der Waals surface area contributed by atoms with Crippen LogP contribution in [-0.4, -0.2) is 39.0 Å². The number of nitrogens with two attached hydrogens (primary N) is 1. The molecule has 1 fully saturated rings. The molecule has 0 aliphatic carbocycles. The minimum Gasteiger partial charge on any atom is -0.399 e. The topological polar surface area (TPSA) is 72.6 Å². The van der Waals surface area contributed by atoms with Crippen molar-refractivity contribution in [1.29, 1.82) is 0 Å². The summed E-state index contributed by atoms with van der Waals surface area (Å²) in [6.07, 6.45) is 1.47. The van der Waals surface area contributed by atoms with Crippen molar-refractivity contribution in [2.45, 2.75) is 23.8 Å². The summed E-state index contributed by atoms with van der Waals surface area (Å²) in [4.78, 5) is -0.0909. The third kappa shape index (κ3) is 3.04. The zero-order chi connectivity index (χ0) is 14.9. The van der Waals surface area contributed by atoms with E-state index in [0.29, 0.717) is 18.8 Å². The number of ether oxygens (including phenoxy) is 1. The second-order valence-corrected chi connectivity index (χ2v) is 7.37. The number of halogens is 2. The molecule has 0 aromatic heterocycles. The molecule has 2 N–H and O–H groups in total. The molecule has 1 aliphatic heterocycles. The standard InChI is InChI=1S/C12H16Cl2N2O3S/c1-19-9-3-2-4-16(7-9)20(17,18)12-10(13)5-8(15)6-11(12)14/h5-6,9H,2-4,7,15H2,1H3. The second kappa shape index (κ2) is 6.07. The van der Waals surface area contributed by atoms with Crippen LogP contribution in [0.3, 0.4) is 0 Å². The highest BCUT2D eigenvalue weighted by Gasteiger charge is 2.33. The Morgan fingerprint density at radius 2 is 1.95 bits per heavy atom. The van der Waals surface area contributed by atoms with Crippen LogP contribution >= 0.6 is 23.2 Å². The highest BCUT2D eigenvalue weighted by Crippen LogP contribution is 2.34. The van der Waals surface area contributed by atoms with Gasteiger partial charge in [0.2, 0.25) is 10.0 Å². The van der Waals surface area contributed by atoms with Gasteiger partial charge in [-0.25, -0.2) is 8.42 Å². The fourth-order valence-corrected chi connectivity index (χ4v) is 4.96. The van der Waals surface area contributed by atoms with E-state index in [0.717, 1.165) is 12.8 Å². The Kier molecular flexibility index (Phi) is 4.81. The van der Waals surface area contributed by atoms with E-state index >= 15 is 0 Å². The lowest BCUT2D eigenvalue weighted by atomic mass is 10.1. The van der Waals surface area contributed by atoms with Crippen LogP contribution in [0.15, 0.2) is 17.0 Å². The molecule has 1 aromatic carbocycles. The molecule has 1 unspecified atom stereocenters. The van der Waals surface area contributed by atoms with Gasteiger partial charge in [-0.1, -0.05) is 23.2 Å². The van der Waals surface area contributed by atoms with Gasteiger partial charge < -0.3 is 10.5 Å². The van der Waals surface area contributed by atoms with Crippen LogP contribution in [0.1, 0.15) is 12.8 Å². The Bertz CT molecular complexity index is 584. The lowest BCUT2D eigenvalue weighted by molar-refractivity contribution is 0.0572. The molecule has 2 rings (SSSR count). The van der Waals surface area contributed by atoms with E-state index in [1.807, 2.05) is 0 Å². The van der Waals surface area contributed by atoms with E-state index < -0.39 is 10.0 Å². The maximum Gasteiger partial charge on any atom is 0.246 e. The SMILES string of the molecule is COC1CCCN(S(=O)(=O)c2c(Cl)cc(N)cc2Cl)C1. The van der Waals surface area contributed by atoms with Crippen LogP contribution < -0.4 is 5.73 Å². The molecule has 1 aliphatic rings. The first kappa shape index (κ1) is 15.9. The van der Waals surface area contributed by atoms with Gasteiger partial charge in [0.05, 0.1) is 16.1 Å². The van der Waals surface area contributed by atoms with E-state index in [1.54, 1.807) is 7.11 Å². The maximum atomic E-state index is 12.7. The van der Waals surface area contributed by atoms with Crippen molar-refractivity contribution in [1.82, 2.24) is 4.31 Å². The number of sulfonamides is 1. The van der Waals surface area contributed by atoms with Gasteiger partial charge in [0.15, 0.2) is 0 Å². The first-order valence-electron chi connectivity index (χ1n) is 6.13. The highest BCUT2D eigenvalue weighted by atomic mass is 35.5. The summed E-state index contributed by atoms with van der Waals surface area (Å²) >= 11 is 12.0. The monoisotopic (exact) mass is 338 g/mol. The number of nitrogen functional groups attached to an aromatic ring is 1. The molecule has 20 heavy (non-hydrogen) atoms. The zero-order valence-electron chi connectivity index (χ0n) is 11.0. The summed E-state index contributed by atoms with van der Waals surface area (Å²) in [6.45, 7) is 0.731. The molecule has 0 spiro atoms. The average molecular weight is 339 g/mol. The summed E-state index contributed by atoms with van der Waals surface area (Å²) in [5.41, 5.74) is 5.92. The molecular weight excluding hydrogens is 323 g/mol. The number of nitrogens with zero attached hydrogens (tertiary/aromatic N) is 1. The Morgan fingerprint density at radius 1 is 1.35 bits per heavy atom. The molecule has 5 nitrogen and oxygen atoms in total. The molecule has 1 saturated heterocycles. The number of piperidine rings is 1. The molecule has 0 amide bonds. The fourth-order valence-electron chi connectivity index (χ4n) is 2.27. The summed E-state index contributed by atoms with van der Waals surface area (Å²) in [7, 11) is -2.18. The van der Waals surface area contributed by atoms with Crippen LogP contribution in [0, 0.1) is 0 Å². The van der Waals surface area contributed by atoms with Crippen molar-refractivity contribution in [3.8, 4) is 0 Å². The number of methoxy groups -OCH3 is 1. The Labute approximate surface area is 128 Å². The fraction of sp³-hybridized carbons (Fsp3) is 0.500. The van der Waals surface area contributed by atoms with Crippen LogP contribution in [0.5, 0.6) is 0 Å². The van der Waals surface area contributed by atoms with Crippen molar-refractivity contribution in [3.63, 3.8) is 0 Å². The van der Waals surface area contributed by atoms with Crippen LogP contribution in [0.25, 0.3) is 0 Å². The molecule has 1 aromatic rings. The third-order valence-electron chi connectivity index (χ3n) is 3.29. The van der Waals surface area contributed by atoms with Crippen molar-refractivity contribution >= 4 is 38.9 Å². The Balaban J connectivity index is 2.40. The summed E-state index contributed by atoms with van der Waals surface area (Å²) in [6, 6.07) is 2.77. The zero-order valence-corrected chi connectivity index (χ0v) is 13.3. The van der Waals surface area contributed by atoms with Crippen molar-refractivity contribution in [2.75, 3.05) is 25.9 Å². The van der Waals surface area contributed by atoms with Gasteiger partial charge in [-0.05, 0) is 25.0 Å². The second-order valence-electron chi connectivity index (χ2n) is 4.68. The lowest BCUT2D eigenvalue weighted by Gasteiger charge is -2.31. The molecule has 0 bridgehead atoms. The average Bonchev–Trinajstić information content (AvgIpc) is 2.37. The van der Waals surface area contributed by atoms with Crippen LogP contribution in [0.2, 0.25) is 10.0 Å². The molecule has 8 heteroatoms. The quantitative estimate of drug-likeness (QED) is 0.858.